The molecule has 2 rings (SSSR count). The summed E-state index contributed by atoms with van der Waals surface area (Å²) in [5.41, 5.74) is 0. The van der Waals surface area contributed by atoms with Crippen LogP contribution in [0, 0.1) is 11.8 Å². The SMILES string of the molecule is CC(C)CN1CCN(C(=O)C2CC=CC2)C[C@H]1CCO. The quantitative estimate of drug-likeness (QED) is 0.776. The first-order valence-electron chi connectivity index (χ1n) is 7.90. The van der Waals surface area contributed by atoms with Crippen molar-refractivity contribution in [3.63, 3.8) is 0 Å². The fourth-order valence-electron chi connectivity index (χ4n) is 3.30. The molecule has 20 heavy (non-hydrogen) atoms. The highest BCUT2D eigenvalue weighted by Crippen LogP contribution is 2.23. The number of allylic oxidation sites excluding steroid dienone is 2. The molecule has 4 heteroatoms. The van der Waals surface area contributed by atoms with Crippen molar-refractivity contribution < 1.29 is 9.90 Å². The van der Waals surface area contributed by atoms with E-state index < -0.39 is 0 Å². The minimum absolute atomic E-state index is 0.168. The molecule has 1 aliphatic carbocycles. The Kier molecular flexibility index (Phi) is 5.61. The van der Waals surface area contributed by atoms with E-state index in [4.69, 9.17) is 0 Å². The van der Waals surface area contributed by atoms with Gasteiger partial charge in [-0.1, -0.05) is 26.0 Å². The highest BCUT2D eigenvalue weighted by Gasteiger charge is 2.32. The van der Waals surface area contributed by atoms with E-state index >= 15 is 0 Å². The average Bonchev–Trinajstić information content (AvgIpc) is 2.93. The van der Waals surface area contributed by atoms with Crippen LogP contribution in [-0.2, 0) is 4.79 Å². The molecule has 0 saturated carbocycles. The van der Waals surface area contributed by atoms with Crippen LogP contribution >= 0.6 is 0 Å². The van der Waals surface area contributed by atoms with Crippen molar-refractivity contribution in [3.8, 4) is 0 Å². The zero-order chi connectivity index (χ0) is 14.5. The zero-order valence-electron chi connectivity index (χ0n) is 12.8. The molecule has 0 aromatic carbocycles. The van der Waals surface area contributed by atoms with Crippen LogP contribution in [0.3, 0.4) is 0 Å². The van der Waals surface area contributed by atoms with Gasteiger partial charge in [-0.2, -0.15) is 0 Å². The Balaban J connectivity index is 1.92. The van der Waals surface area contributed by atoms with Crippen LogP contribution in [0.5, 0.6) is 0 Å². The summed E-state index contributed by atoms with van der Waals surface area (Å²) in [4.78, 5) is 16.9. The van der Waals surface area contributed by atoms with Gasteiger partial charge in [0.1, 0.15) is 0 Å². The number of nitrogens with zero attached hydrogens (tertiary/aromatic N) is 2. The lowest BCUT2D eigenvalue weighted by atomic mass is 10.0. The third kappa shape index (κ3) is 3.83. The van der Waals surface area contributed by atoms with Gasteiger partial charge in [-0.25, -0.2) is 0 Å². The lowest BCUT2D eigenvalue weighted by Crippen LogP contribution is -2.56. The minimum Gasteiger partial charge on any atom is -0.396 e. The van der Waals surface area contributed by atoms with Gasteiger partial charge in [-0.3, -0.25) is 9.69 Å². The van der Waals surface area contributed by atoms with E-state index in [-0.39, 0.29) is 12.5 Å². The van der Waals surface area contributed by atoms with Crippen LogP contribution in [0.25, 0.3) is 0 Å². The molecule has 0 bridgehead atoms. The second-order valence-electron chi connectivity index (χ2n) is 6.48. The van der Waals surface area contributed by atoms with Gasteiger partial charge >= 0.3 is 0 Å². The maximum Gasteiger partial charge on any atom is 0.226 e. The summed E-state index contributed by atoms with van der Waals surface area (Å²) in [7, 11) is 0. The summed E-state index contributed by atoms with van der Waals surface area (Å²) in [6.07, 6.45) is 6.79. The predicted molar refractivity (Wildman–Crippen MR) is 80.3 cm³/mol. The van der Waals surface area contributed by atoms with Crippen molar-refractivity contribution in [2.24, 2.45) is 11.8 Å². The van der Waals surface area contributed by atoms with Crippen molar-refractivity contribution in [2.75, 3.05) is 32.8 Å². The second-order valence-corrected chi connectivity index (χ2v) is 6.48. The number of aliphatic hydroxyl groups excluding tert-OH is 1. The predicted octanol–water partition coefficient (Wildman–Crippen LogP) is 1.50. The van der Waals surface area contributed by atoms with Crippen LogP contribution < -0.4 is 0 Å². The summed E-state index contributed by atoms with van der Waals surface area (Å²) in [5, 5.41) is 9.27. The van der Waals surface area contributed by atoms with Crippen LogP contribution in [0.15, 0.2) is 12.2 Å². The first kappa shape index (κ1) is 15.5. The molecule has 114 valence electrons. The summed E-state index contributed by atoms with van der Waals surface area (Å²) in [6.45, 7) is 8.25. The average molecular weight is 280 g/mol. The van der Waals surface area contributed by atoms with Crippen LogP contribution in [0.2, 0.25) is 0 Å². The number of carbonyl (C=O) groups excluding carboxylic acids is 1. The Morgan fingerprint density at radius 2 is 2.00 bits per heavy atom. The van der Waals surface area contributed by atoms with Gasteiger partial charge in [0, 0.05) is 44.7 Å². The Morgan fingerprint density at radius 3 is 2.60 bits per heavy atom. The molecule has 1 saturated heterocycles. The van der Waals surface area contributed by atoms with Crippen molar-refractivity contribution in [2.45, 2.75) is 39.2 Å². The standard InChI is InChI=1S/C16H28N2O2/c1-13(2)11-17-8-9-18(12-15(17)7-10-19)16(20)14-5-3-4-6-14/h3-4,13-15,19H,5-12H2,1-2H3/t15-/m1/s1. The Bertz CT molecular complexity index is 346. The molecule has 1 N–H and O–H groups in total. The van der Waals surface area contributed by atoms with E-state index in [0.717, 1.165) is 45.4 Å². The molecule has 1 amide bonds. The Hall–Kier alpha value is -0.870. The van der Waals surface area contributed by atoms with E-state index in [9.17, 15) is 9.90 Å². The molecule has 2 aliphatic rings. The van der Waals surface area contributed by atoms with Crippen LogP contribution in [-0.4, -0.2) is 59.6 Å². The second kappa shape index (κ2) is 7.23. The molecule has 0 aromatic heterocycles. The number of aliphatic hydroxyl groups is 1. The van der Waals surface area contributed by atoms with Gasteiger partial charge in [0.15, 0.2) is 0 Å². The normalized spacial score (nSPS) is 24.8. The maximum absolute atomic E-state index is 12.5. The van der Waals surface area contributed by atoms with E-state index in [0.29, 0.717) is 17.9 Å². The molecule has 0 spiro atoms. The first-order valence-corrected chi connectivity index (χ1v) is 7.90. The maximum atomic E-state index is 12.5. The number of rotatable bonds is 5. The number of hydrogen-bond acceptors (Lipinski definition) is 3. The van der Waals surface area contributed by atoms with Gasteiger partial charge in [-0.05, 0) is 25.2 Å². The van der Waals surface area contributed by atoms with Gasteiger partial charge in [0.2, 0.25) is 5.91 Å². The molecule has 1 heterocycles. The van der Waals surface area contributed by atoms with Crippen molar-refractivity contribution in [3.05, 3.63) is 12.2 Å². The van der Waals surface area contributed by atoms with Gasteiger partial charge < -0.3 is 10.0 Å². The minimum atomic E-state index is 0.168. The third-order valence-corrected chi connectivity index (χ3v) is 4.34. The first-order chi connectivity index (χ1) is 9.61. The number of piperazine rings is 1. The monoisotopic (exact) mass is 280 g/mol. The smallest absolute Gasteiger partial charge is 0.226 e. The van der Waals surface area contributed by atoms with Gasteiger partial charge in [0.25, 0.3) is 0 Å². The molecule has 0 radical (unpaired) electrons. The van der Waals surface area contributed by atoms with Crippen LogP contribution in [0.4, 0.5) is 0 Å². The fraction of sp³-hybridized carbons (Fsp3) is 0.812. The van der Waals surface area contributed by atoms with E-state index in [1.54, 1.807) is 0 Å². The molecule has 1 atom stereocenters. The van der Waals surface area contributed by atoms with Gasteiger partial charge in [-0.15, -0.1) is 0 Å². The van der Waals surface area contributed by atoms with Crippen LogP contribution in [0.1, 0.15) is 33.1 Å². The largest absolute Gasteiger partial charge is 0.396 e. The molecular formula is C16H28N2O2. The topological polar surface area (TPSA) is 43.8 Å². The van der Waals surface area contributed by atoms with E-state index in [1.807, 2.05) is 4.90 Å². The summed E-state index contributed by atoms with van der Waals surface area (Å²) in [6, 6.07) is 0.314. The van der Waals surface area contributed by atoms with E-state index in [1.165, 1.54) is 0 Å². The molecule has 1 fully saturated rings. The van der Waals surface area contributed by atoms with Gasteiger partial charge in [0.05, 0.1) is 0 Å². The lowest BCUT2D eigenvalue weighted by Gasteiger charge is -2.42. The number of carbonyl (C=O) groups is 1. The fourth-order valence-corrected chi connectivity index (χ4v) is 3.30. The number of hydrogen-bond donors (Lipinski definition) is 1. The highest BCUT2D eigenvalue weighted by atomic mass is 16.3. The Morgan fingerprint density at radius 1 is 1.30 bits per heavy atom. The molecule has 1 aliphatic heterocycles. The van der Waals surface area contributed by atoms with Crippen molar-refractivity contribution >= 4 is 5.91 Å². The molecule has 4 nitrogen and oxygen atoms in total. The van der Waals surface area contributed by atoms with E-state index in [2.05, 4.69) is 30.9 Å². The zero-order valence-corrected chi connectivity index (χ0v) is 12.8. The Labute approximate surface area is 122 Å². The summed E-state index contributed by atoms with van der Waals surface area (Å²) < 4.78 is 0. The number of amides is 1. The van der Waals surface area contributed by atoms with Crippen molar-refractivity contribution in [1.82, 2.24) is 9.80 Å². The van der Waals surface area contributed by atoms with Crippen molar-refractivity contribution in [1.29, 1.82) is 0 Å². The molecular weight excluding hydrogens is 252 g/mol. The lowest BCUT2D eigenvalue weighted by molar-refractivity contribution is -0.138. The molecule has 0 unspecified atom stereocenters. The summed E-state index contributed by atoms with van der Waals surface area (Å²) >= 11 is 0. The highest BCUT2D eigenvalue weighted by molar-refractivity contribution is 5.79. The molecule has 0 aromatic rings. The summed E-state index contributed by atoms with van der Waals surface area (Å²) in [5.74, 6) is 1.10. The third-order valence-electron chi connectivity index (χ3n) is 4.34.